The Labute approximate surface area is 304 Å². The SMILES string of the molecule is COc1cc(O)cc(OC)c1C1C2=CCC3C(=O)N(c4ccc([N+](=O)[O-])cc4)C(=O)C3C2CC2(Cl)C(=O)N(c3c(F)c(F)c(F)c(F)c3F)C(=O)C12Cl. The molecule has 0 aromatic heterocycles. The van der Waals surface area contributed by atoms with E-state index >= 15 is 8.78 Å². The van der Waals surface area contributed by atoms with Crippen molar-refractivity contribution >= 4 is 63.9 Å². The number of halogens is 7. The van der Waals surface area contributed by atoms with Crippen molar-refractivity contribution in [3.8, 4) is 17.2 Å². The van der Waals surface area contributed by atoms with Crippen molar-refractivity contribution in [2.75, 3.05) is 24.0 Å². The van der Waals surface area contributed by atoms with E-state index in [9.17, 15) is 47.6 Å². The van der Waals surface area contributed by atoms with E-state index in [0.29, 0.717) is 0 Å². The standard InChI is InChI=1S/C34H22Cl2F5N3O9/c1-52-18-9-14(45)10-19(53-2)21(18)22-15-7-8-16-20(30(47)42(29(16)46)12-3-5-13(6-4-12)44(50)51)17(15)11-33(35)31(48)43(32(49)34(22,33)36)28-26(40)24(38)23(37)25(39)27(28)41/h3-7,9-10,16-17,20,22,45H,8,11H2,1-2H3. The molecule has 2 aliphatic carbocycles. The number of ether oxygens (including phenoxy) is 2. The molecule has 53 heavy (non-hydrogen) atoms. The van der Waals surface area contributed by atoms with Crippen LogP contribution in [0.1, 0.15) is 24.3 Å². The largest absolute Gasteiger partial charge is 0.508 e. The first-order valence-corrected chi connectivity index (χ1v) is 16.3. The van der Waals surface area contributed by atoms with Crippen molar-refractivity contribution < 1.29 is 60.6 Å². The fourth-order valence-corrected chi connectivity index (χ4v) is 8.99. The van der Waals surface area contributed by atoms with Gasteiger partial charge in [-0.3, -0.25) is 34.2 Å². The number of amides is 4. The lowest BCUT2D eigenvalue weighted by molar-refractivity contribution is -0.384. The van der Waals surface area contributed by atoms with Gasteiger partial charge < -0.3 is 14.6 Å². The minimum atomic E-state index is -2.87. The van der Waals surface area contributed by atoms with Gasteiger partial charge in [0.1, 0.15) is 22.9 Å². The summed E-state index contributed by atoms with van der Waals surface area (Å²) in [5, 5.41) is 21.7. The summed E-state index contributed by atoms with van der Waals surface area (Å²) in [6.07, 6.45) is 0.523. The predicted octanol–water partition coefficient (Wildman–Crippen LogP) is 5.78. The molecule has 2 saturated heterocycles. The molecule has 0 spiro atoms. The van der Waals surface area contributed by atoms with Crippen LogP contribution in [-0.4, -0.2) is 57.6 Å². The van der Waals surface area contributed by atoms with Crippen molar-refractivity contribution in [1.82, 2.24) is 0 Å². The van der Waals surface area contributed by atoms with Gasteiger partial charge in [-0.1, -0.05) is 11.6 Å². The molecule has 0 bridgehead atoms. The van der Waals surface area contributed by atoms with Crippen molar-refractivity contribution in [1.29, 1.82) is 0 Å². The number of non-ortho nitro benzene ring substituents is 1. The lowest BCUT2D eigenvalue weighted by Gasteiger charge is -2.51. The number of alkyl halides is 2. The first-order chi connectivity index (χ1) is 25.0. The number of rotatable bonds is 6. The molecule has 4 aliphatic rings. The lowest BCUT2D eigenvalue weighted by atomic mass is 9.56. The number of aromatic hydroxyl groups is 1. The Morgan fingerprint density at radius 2 is 1.38 bits per heavy atom. The maximum Gasteiger partial charge on any atom is 0.269 e. The summed E-state index contributed by atoms with van der Waals surface area (Å²) in [7, 11) is 2.31. The smallest absolute Gasteiger partial charge is 0.269 e. The first kappa shape index (κ1) is 36.1. The average Bonchev–Trinajstić information content (AvgIpc) is 3.47. The molecule has 6 unspecified atom stereocenters. The number of fused-ring (bicyclic) bond motifs is 4. The molecule has 2 heterocycles. The van der Waals surface area contributed by atoms with E-state index in [-0.39, 0.29) is 45.3 Å². The molecule has 12 nitrogen and oxygen atoms in total. The van der Waals surface area contributed by atoms with Crippen LogP contribution in [0.5, 0.6) is 17.2 Å². The van der Waals surface area contributed by atoms with Gasteiger partial charge in [0.25, 0.3) is 17.5 Å². The Balaban J connectivity index is 1.46. The third-order valence-electron chi connectivity index (χ3n) is 10.4. The Hall–Kier alpha value is -5.29. The number of imide groups is 2. The number of hydrogen-bond acceptors (Lipinski definition) is 9. The molecular formula is C34H22Cl2F5N3O9. The lowest BCUT2D eigenvalue weighted by Crippen LogP contribution is -2.60. The summed E-state index contributed by atoms with van der Waals surface area (Å²) in [4.78, 5) is 62.4. The number of nitro benzene ring substituents is 1. The van der Waals surface area contributed by atoms with Crippen LogP contribution >= 0.6 is 23.2 Å². The maximum atomic E-state index is 15.3. The molecule has 3 fully saturated rings. The van der Waals surface area contributed by atoms with Gasteiger partial charge in [-0.05, 0) is 30.9 Å². The van der Waals surface area contributed by atoms with E-state index in [1.54, 1.807) is 0 Å². The molecule has 0 radical (unpaired) electrons. The molecule has 2 aliphatic heterocycles. The van der Waals surface area contributed by atoms with Crippen molar-refractivity contribution in [2.45, 2.75) is 28.5 Å². The highest BCUT2D eigenvalue weighted by molar-refractivity contribution is 6.58. The number of methoxy groups -OCH3 is 2. The number of benzene rings is 3. The second kappa shape index (κ2) is 12.1. The number of phenolic OH excluding ortho intramolecular Hbond substituents is 1. The van der Waals surface area contributed by atoms with E-state index in [2.05, 4.69) is 0 Å². The fraction of sp³-hybridized carbons (Fsp3) is 0.294. The minimum absolute atomic E-state index is 0.0207. The van der Waals surface area contributed by atoms with Gasteiger partial charge in [-0.2, -0.15) is 0 Å². The second-order valence-corrected chi connectivity index (χ2v) is 14.0. The Morgan fingerprint density at radius 1 is 0.830 bits per heavy atom. The van der Waals surface area contributed by atoms with Gasteiger partial charge >= 0.3 is 0 Å². The summed E-state index contributed by atoms with van der Waals surface area (Å²) in [6.45, 7) is 0. The quantitative estimate of drug-likeness (QED) is 0.0479. The van der Waals surface area contributed by atoms with Crippen molar-refractivity contribution in [3.63, 3.8) is 0 Å². The zero-order valence-electron chi connectivity index (χ0n) is 27.0. The molecule has 1 saturated carbocycles. The van der Waals surface area contributed by atoms with Gasteiger partial charge in [0, 0.05) is 35.7 Å². The van der Waals surface area contributed by atoms with Gasteiger partial charge in [-0.15, -0.1) is 23.2 Å². The van der Waals surface area contributed by atoms with Crippen LogP contribution in [0.25, 0.3) is 0 Å². The van der Waals surface area contributed by atoms with Gasteiger partial charge in [-0.25, -0.2) is 26.9 Å². The first-order valence-electron chi connectivity index (χ1n) is 15.5. The van der Waals surface area contributed by atoms with Crippen LogP contribution < -0.4 is 19.3 Å². The summed E-state index contributed by atoms with van der Waals surface area (Å²) in [5.74, 6) is -23.8. The topological polar surface area (TPSA) is 157 Å². The number of carbonyl (C=O) groups is 4. The Bertz CT molecular complexity index is 2190. The molecule has 3 aromatic rings. The Morgan fingerprint density at radius 3 is 1.91 bits per heavy atom. The number of carbonyl (C=O) groups excluding carboxylic acids is 4. The molecule has 276 valence electrons. The van der Waals surface area contributed by atoms with Crippen LogP contribution in [0, 0.1) is 57.0 Å². The summed E-state index contributed by atoms with van der Waals surface area (Å²) >= 11 is 14.3. The van der Waals surface area contributed by atoms with E-state index in [1.807, 2.05) is 0 Å². The molecule has 1 N–H and O–H groups in total. The monoisotopic (exact) mass is 781 g/mol. The number of nitro groups is 1. The maximum absolute atomic E-state index is 15.3. The van der Waals surface area contributed by atoms with Crippen LogP contribution in [0.2, 0.25) is 0 Å². The van der Waals surface area contributed by atoms with Crippen LogP contribution in [0.4, 0.5) is 39.0 Å². The van der Waals surface area contributed by atoms with Gasteiger partial charge in [0.2, 0.25) is 17.6 Å². The second-order valence-electron chi connectivity index (χ2n) is 12.7. The number of allylic oxidation sites excluding steroid dienone is 2. The van der Waals surface area contributed by atoms with Gasteiger partial charge in [0.15, 0.2) is 33.0 Å². The number of phenols is 1. The molecule has 7 rings (SSSR count). The zero-order valence-corrected chi connectivity index (χ0v) is 28.5. The fourth-order valence-electron chi connectivity index (χ4n) is 8.07. The highest BCUT2D eigenvalue weighted by atomic mass is 35.5. The van der Waals surface area contributed by atoms with Crippen LogP contribution in [0.15, 0.2) is 48.0 Å². The molecule has 19 heteroatoms. The van der Waals surface area contributed by atoms with Crippen molar-refractivity contribution in [2.24, 2.45) is 17.8 Å². The van der Waals surface area contributed by atoms with Gasteiger partial charge in [0.05, 0.1) is 36.7 Å². The molecule has 3 aromatic carbocycles. The van der Waals surface area contributed by atoms with E-state index in [1.165, 1.54) is 18.2 Å². The molecule has 6 atom stereocenters. The minimum Gasteiger partial charge on any atom is -0.508 e. The normalized spacial score (nSPS) is 27.8. The predicted molar refractivity (Wildman–Crippen MR) is 173 cm³/mol. The van der Waals surface area contributed by atoms with Crippen molar-refractivity contribution in [3.05, 3.63) is 92.8 Å². The van der Waals surface area contributed by atoms with Crippen LogP contribution in [0.3, 0.4) is 0 Å². The highest BCUT2D eigenvalue weighted by Crippen LogP contribution is 2.68. The summed E-state index contributed by atoms with van der Waals surface area (Å²) < 4.78 is 84.7. The van der Waals surface area contributed by atoms with E-state index < -0.39 is 109 Å². The average molecular weight is 782 g/mol. The molecule has 4 amide bonds. The highest BCUT2D eigenvalue weighted by Gasteiger charge is 2.77. The van der Waals surface area contributed by atoms with E-state index in [0.717, 1.165) is 43.4 Å². The third-order valence-corrected chi connectivity index (χ3v) is 11.8. The van der Waals surface area contributed by atoms with E-state index in [4.69, 9.17) is 32.7 Å². The number of hydrogen-bond donors (Lipinski definition) is 1. The summed E-state index contributed by atoms with van der Waals surface area (Å²) in [5.41, 5.74) is -2.35. The Kier molecular flexibility index (Phi) is 8.26. The van der Waals surface area contributed by atoms with Crippen LogP contribution in [-0.2, 0) is 19.2 Å². The molecular weight excluding hydrogens is 760 g/mol. The summed E-state index contributed by atoms with van der Waals surface area (Å²) in [6, 6.07) is 6.68. The third kappa shape index (κ3) is 4.65. The number of anilines is 2. The zero-order chi connectivity index (χ0) is 38.6. The number of nitrogens with zero attached hydrogens (tertiary/aromatic N) is 3.